The van der Waals surface area contributed by atoms with Crippen LogP contribution in [0.5, 0.6) is 0 Å². The third-order valence-corrected chi connectivity index (χ3v) is 2.55. The fraction of sp³-hybridized carbons (Fsp3) is 1.00. The molecule has 0 heterocycles. The Morgan fingerprint density at radius 1 is 1.33 bits per heavy atom. The summed E-state index contributed by atoms with van der Waals surface area (Å²) in [5, 5.41) is 0. The molecule has 4 nitrogen and oxygen atoms in total. The van der Waals surface area contributed by atoms with Crippen LogP contribution in [-0.4, -0.2) is 19.6 Å². The molecule has 0 saturated heterocycles. The first kappa shape index (κ1) is 12.0. The van der Waals surface area contributed by atoms with Gasteiger partial charge >= 0.3 is 7.82 Å². The van der Waals surface area contributed by atoms with E-state index < -0.39 is 14.2 Å². The molecular formula is C6H14FO4P. The van der Waals surface area contributed by atoms with Gasteiger partial charge in [-0.3, -0.25) is 13.6 Å². The van der Waals surface area contributed by atoms with Gasteiger partial charge in [-0.05, 0) is 20.8 Å². The topological polar surface area (TPSA) is 44.8 Å². The molecule has 0 aliphatic heterocycles. The van der Waals surface area contributed by atoms with Crippen molar-refractivity contribution in [3.63, 3.8) is 0 Å². The summed E-state index contributed by atoms with van der Waals surface area (Å²) in [5.74, 6) is 0. The van der Waals surface area contributed by atoms with Crippen molar-refractivity contribution in [1.29, 1.82) is 0 Å². The van der Waals surface area contributed by atoms with Gasteiger partial charge < -0.3 is 0 Å². The molecule has 0 amide bonds. The van der Waals surface area contributed by atoms with Crippen molar-refractivity contribution in [3.05, 3.63) is 0 Å². The lowest BCUT2D eigenvalue weighted by Crippen LogP contribution is -2.04. The van der Waals surface area contributed by atoms with Crippen LogP contribution in [0.15, 0.2) is 0 Å². The summed E-state index contributed by atoms with van der Waals surface area (Å²) in [5.41, 5.74) is 0. The highest BCUT2D eigenvalue weighted by Crippen LogP contribution is 2.50. The number of hydrogen-bond donors (Lipinski definition) is 0. The normalized spacial score (nSPS) is 14.7. The smallest absolute Gasteiger partial charge is 0.287 e. The first-order chi connectivity index (χ1) is 5.54. The number of halogens is 1. The van der Waals surface area contributed by atoms with Crippen LogP contribution in [0.2, 0.25) is 0 Å². The van der Waals surface area contributed by atoms with Crippen LogP contribution in [0, 0.1) is 0 Å². The number of hydrogen-bond acceptors (Lipinski definition) is 4. The van der Waals surface area contributed by atoms with Gasteiger partial charge in [0.1, 0.15) is 0 Å². The Balaban J connectivity index is 4.08. The maximum absolute atomic E-state index is 12.3. The highest BCUT2D eigenvalue weighted by molar-refractivity contribution is 7.48. The lowest BCUT2D eigenvalue weighted by atomic mass is 10.8. The molecule has 0 spiro atoms. The van der Waals surface area contributed by atoms with E-state index in [1.807, 2.05) is 0 Å². The van der Waals surface area contributed by atoms with E-state index in [0.29, 0.717) is 0 Å². The second-order valence-corrected chi connectivity index (χ2v) is 3.55. The van der Waals surface area contributed by atoms with Gasteiger partial charge in [-0.2, -0.15) is 0 Å². The molecule has 0 saturated carbocycles. The summed E-state index contributed by atoms with van der Waals surface area (Å²) in [4.78, 5) is 0. The Morgan fingerprint density at radius 3 is 2.00 bits per heavy atom. The van der Waals surface area contributed by atoms with Crippen molar-refractivity contribution in [2.45, 2.75) is 27.1 Å². The third kappa shape index (κ3) is 4.83. The van der Waals surface area contributed by atoms with Gasteiger partial charge in [0.15, 0.2) is 0 Å². The van der Waals surface area contributed by atoms with Crippen LogP contribution < -0.4 is 0 Å². The minimum Gasteiger partial charge on any atom is -0.287 e. The zero-order chi connectivity index (χ0) is 9.61. The molecule has 0 aromatic rings. The Hall–Kier alpha value is 0.0400. The molecular weight excluding hydrogens is 186 g/mol. The molecule has 0 fully saturated rings. The predicted octanol–water partition coefficient (Wildman–Crippen LogP) is 2.50. The van der Waals surface area contributed by atoms with E-state index in [1.54, 1.807) is 13.8 Å². The fourth-order valence-corrected chi connectivity index (χ4v) is 1.78. The van der Waals surface area contributed by atoms with Crippen LogP contribution in [0.3, 0.4) is 0 Å². The first-order valence-electron chi connectivity index (χ1n) is 3.75. The van der Waals surface area contributed by atoms with Gasteiger partial charge in [0.25, 0.3) is 0 Å². The van der Waals surface area contributed by atoms with E-state index in [-0.39, 0.29) is 13.2 Å². The highest BCUT2D eigenvalue weighted by Gasteiger charge is 2.27. The van der Waals surface area contributed by atoms with Crippen LogP contribution in [0.4, 0.5) is 4.39 Å². The maximum atomic E-state index is 12.3. The minimum absolute atomic E-state index is 0.157. The fourth-order valence-electron chi connectivity index (χ4n) is 0.592. The molecule has 0 aliphatic carbocycles. The monoisotopic (exact) mass is 200 g/mol. The van der Waals surface area contributed by atoms with Gasteiger partial charge in [-0.25, -0.2) is 8.96 Å². The molecule has 0 radical (unpaired) electrons. The van der Waals surface area contributed by atoms with Gasteiger partial charge in [-0.1, -0.05) is 0 Å². The zero-order valence-corrected chi connectivity index (χ0v) is 8.34. The highest BCUT2D eigenvalue weighted by atomic mass is 31.2. The van der Waals surface area contributed by atoms with E-state index in [9.17, 15) is 8.96 Å². The molecule has 0 aromatic heterocycles. The molecule has 1 atom stereocenters. The Bertz CT molecular complexity index is 152. The Morgan fingerprint density at radius 2 is 1.75 bits per heavy atom. The van der Waals surface area contributed by atoms with Crippen LogP contribution in [0.1, 0.15) is 20.8 Å². The summed E-state index contributed by atoms with van der Waals surface area (Å²) in [7, 11) is -3.65. The summed E-state index contributed by atoms with van der Waals surface area (Å²) < 4.78 is 37.3. The zero-order valence-electron chi connectivity index (χ0n) is 7.45. The van der Waals surface area contributed by atoms with Crippen molar-refractivity contribution in [2.24, 2.45) is 0 Å². The molecule has 0 N–H and O–H groups in total. The molecule has 12 heavy (non-hydrogen) atoms. The van der Waals surface area contributed by atoms with E-state index >= 15 is 0 Å². The standard InChI is InChI=1S/C6H14FO4P/c1-4-9-12(8,10-5-2)11-6(3)7/h6H,4-5H2,1-3H3. The van der Waals surface area contributed by atoms with Crippen molar-refractivity contribution in [1.82, 2.24) is 0 Å². The van der Waals surface area contributed by atoms with Crippen LogP contribution in [0.25, 0.3) is 0 Å². The quantitative estimate of drug-likeness (QED) is 0.618. The number of rotatable bonds is 6. The summed E-state index contributed by atoms with van der Waals surface area (Å²) in [6.07, 6.45) is -1.66. The average molecular weight is 200 g/mol. The van der Waals surface area contributed by atoms with Gasteiger partial charge in [0.05, 0.1) is 13.2 Å². The second kappa shape index (κ2) is 5.65. The first-order valence-corrected chi connectivity index (χ1v) is 5.21. The largest absolute Gasteiger partial charge is 0.477 e. The van der Waals surface area contributed by atoms with Crippen molar-refractivity contribution >= 4 is 7.82 Å². The lowest BCUT2D eigenvalue weighted by molar-refractivity contribution is 0.0262. The Labute approximate surface area is 71.6 Å². The van der Waals surface area contributed by atoms with Gasteiger partial charge in [0, 0.05) is 0 Å². The van der Waals surface area contributed by atoms with Crippen molar-refractivity contribution in [3.8, 4) is 0 Å². The summed E-state index contributed by atoms with van der Waals surface area (Å²) >= 11 is 0. The van der Waals surface area contributed by atoms with Crippen LogP contribution >= 0.6 is 7.82 Å². The lowest BCUT2D eigenvalue weighted by Gasteiger charge is -2.16. The molecule has 0 rings (SSSR count). The van der Waals surface area contributed by atoms with E-state index in [2.05, 4.69) is 13.6 Å². The van der Waals surface area contributed by atoms with E-state index in [0.717, 1.165) is 6.92 Å². The molecule has 1 unspecified atom stereocenters. The van der Waals surface area contributed by atoms with Gasteiger partial charge in [-0.15, -0.1) is 0 Å². The second-order valence-electron chi connectivity index (χ2n) is 1.93. The van der Waals surface area contributed by atoms with Crippen LogP contribution in [-0.2, 0) is 18.1 Å². The molecule has 0 aromatic carbocycles. The number of alkyl halides is 1. The molecule has 6 heteroatoms. The van der Waals surface area contributed by atoms with E-state index in [1.165, 1.54) is 0 Å². The predicted molar refractivity (Wildman–Crippen MR) is 42.5 cm³/mol. The maximum Gasteiger partial charge on any atom is 0.477 e. The van der Waals surface area contributed by atoms with Crippen molar-refractivity contribution < 1.29 is 22.5 Å². The van der Waals surface area contributed by atoms with Gasteiger partial charge in [0.2, 0.25) is 6.36 Å². The third-order valence-electron chi connectivity index (χ3n) is 0.849. The van der Waals surface area contributed by atoms with E-state index in [4.69, 9.17) is 0 Å². The number of phosphoric acid groups is 1. The minimum atomic E-state index is -3.65. The Kier molecular flexibility index (Phi) is 5.66. The molecule has 74 valence electrons. The molecule has 0 aliphatic rings. The van der Waals surface area contributed by atoms with Crippen molar-refractivity contribution in [2.75, 3.05) is 13.2 Å². The average Bonchev–Trinajstić information content (AvgIpc) is 1.85. The SMILES string of the molecule is CCOP(=O)(OCC)OC(C)F. The summed E-state index contributed by atoms with van der Waals surface area (Å²) in [6, 6.07) is 0. The number of phosphoric ester groups is 1. The summed E-state index contributed by atoms with van der Waals surface area (Å²) in [6.45, 7) is 4.68. The molecule has 0 bridgehead atoms.